The van der Waals surface area contributed by atoms with Crippen LogP contribution in [0.1, 0.15) is 12.8 Å². The third-order valence-electron chi connectivity index (χ3n) is 1.36. The molecule has 0 radical (unpaired) electrons. The van der Waals surface area contributed by atoms with Crippen LogP contribution < -0.4 is 36.6 Å². The van der Waals surface area contributed by atoms with Crippen LogP contribution in [0.15, 0.2) is 0 Å². The van der Waals surface area contributed by atoms with E-state index in [1.54, 1.807) is 0 Å². The first-order valence-corrected chi connectivity index (χ1v) is 2.77. The summed E-state index contributed by atoms with van der Waals surface area (Å²) in [6.45, 7) is 0.858. The van der Waals surface area contributed by atoms with E-state index in [1.807, 2.05) is 0 Å². The molecule has 4 nitrogen and oxygen atoms in total. The molecule has 1 rings (SSSR count). The fourth-order valence-corrected chi connectivity index (χ4v) is 0.895. The zero-order chi connectivity index (χ0) is 5.98. The number of hydrogen-bond acceptors (Lipinski definition) is 2. The molecule has 0 aromatic carbocycles. The summed E-state index contributed by atoms with van der Waals surface area (Å²) in [5, 5.41) is 11.2. The molecule has 62 valence electrons. The number of nitrogens with one attached hydrogen (secondary N) is 1. The summed E-state index contributed by atoms with van der Waals surface area (Å²) >= 11 is 0. The van der Waals surface area contributed by atoms with Gasteiger partial charge < -0.3 is 28.3 Å². The maximum Gasteiger partial charge on any atom is 1.00 e. The van der Waals surface area contributed by atoms with Crippen molar-refractivity contribution in [1.29, 1.82) is 0 Å². The van der Waals surface area contributed by atoms with Gasteiger partial charge in [-0.3, -0.25) is 4.79 Å². The average molecular weight is 176 g/mol. The molecule has 0 unspecified atom stereocenters. The molecule has 0 spiro atoms. The van der Waals surface area contributed by atoms with Crippen molar-refractivity contribution in [2.75, 3.05) is 6.54 Å². The topological polar surface area (TPSA) is 80.8 Å². The summed E-state index contributed by atoms with van der Waals surface area (Å²) in [6.07, 6.45) is 1.78. The first-order chi connectivity index (χ1) is 3.80. The molecule has 1 aliphatic rings. The summed E-state index contributed by atoms with van der Waals surface area (Å²) < 4.78 is 0. The van der Waals surface area contributed by atoms with Crippen molar-refractivity contribution in [2.24, 2.45) is 0 Å². The van der Waals surface area contributed by atoms with Gasteiger partial charge in [0.1, 0.15) is 6.04 Å². The molecule has 1 atom stereocenters. The second-order valence-electron chi connectivity index (χ2n) is 1.99. The normalized spacial score (nSPS) is 20.5. The molecule has 0 saturated carbocycles. The van der Waals surface area contributed by atoms with Crippen LogP contribution in [0.5, 0.6) is 0 Å². The second-order valence-corrected chi connectivity index (χ2v) is 1.99. The predicted octanol–water partition coefficient (Wildman–Crippen LogP) is -6.99. The number of rotatable bonds is 1. The molecule has 0 bridgehead atoms. The minimum atomic E-state index is -0.720. The van der Waals surface area contributed by atoms with Crippen LogP contribution in [0.3, 0.4) is 0 Å². The van der Waals surface area contributed by atoms with Gasteiger partial charge in [0.15, 0.2) is 0 Å². The zero-order valence-electron chi connectivity index (χ0n) is 6.43. The van der Waals surface area contributed by atoms with Crippen molar-refractivity contribution in [3.05, 3.63) is 0 Å². The van der Waals surface area contributed by atoms with E-state index in [-0.39, 0.29) is 42.8 Å². The van der Waals surface area contributed by atoms with E-state index in [0.717, 1.165) is 19.4 Å². The van der Waals surface area contributed by atoms with Gasteiger partial charge in [-0.2, -0.15) is 0 Å². The Labute approximate surface area is 83.6 Å². The van der Waals surface area contributed by atoms with Crippen molar-refractivity contribution in [2.45, 2.75) is 18.9 Å². The van der Waals surface area contributed by atoms with Crippen LogP contribution in [0.25, 0.3) is 0 Å². The molecule has 0 amide bonds. The predicted molar refractivity (Wildman–Crippen MR) is 32.3 cm³/mol. The smallest absolute Gasteiger partial charge is 1.00 e. The van der Waals surface area contributed by atoms with E-state index < -0.39 is 5.97 Å². The van der Waals surface area contributed by atoms with Crippen molar-refractivity contribution in [3.63, 3.8) is 0 Å². The molecule has 1 fully saturated rings. The van der Waals surface area contributed by atoms with Crippen LogP contribution >= 0.6 is 0 Å². The van der Waals surface area contributed by atoms with Crippen LogP contribution in [-0.4, -0.2) is 29.1 Å². The zero-order valence-corrected chi connectivity index (χ0v) is 7.19. The first-order valence-electron chi connectivity index (χ1n) is 2.77. The molecule has 1 saturated heterocycles. The molecule has 11 heavy (non-hydrogen) atoms. The van der Waals surface area contributed by atoms with Crippen molar-refractivity contribution in [1.82, 2.24) is 5.32 Å². The van der Waals surface area contributed by atoms with Crippen LogP contribution in [0, 0.1) is 0 Å². The standard InChI is InChI=1S/C5H9NO2.ClH.Li.H2O/c7-5(8)4-2-1-3-6-4;;;/h4,6H,1-3H2,(H,7,8);1H;;1H2/q;;+1;/p-1/t4-;;;/m0.../s1. The van der Waals surface area contributed by atoms with Crippen LogP contribution in [-0.2, 0) is 4.79 Å². The number of halogens is 1. The maximum atomic E-state index is 10.1. The Hall–Kier alpha value is 0.277. The molecule has 0 aliphatic carbocycles. The van der Waals surface area contributed by atoms with Gasteiger partial charge >= 0.3 is 24.8 Å². The van der Waals surface area contributed by atoms with Gasteiger partial charge in [0.05, 0.1) is 0 Å². The largest absolute Gasteiger partial charge is 1.00 e. The van der Waals surface area contributed by atoms with Gasteiger partial charge in [0.25, 0.3) is 0 Å². The minimum Gasteiger partial charge on any atom is -1.00 e. The van der Waals surface area contributed by atoms with Crippen molar-refractivity contribution < 1.29 is 46.6 Å². The number of aliphatic carboxylic acids is 1. The number of carboxylic acid groups (broad SMARTS) is 1. The first kappa shape index (κ1) is 17.4. The molecule has 4 N–H and O–H groups in total. The van der Waals surface area contributed by atoms with Gasteiger partial charge in [-0.25, -0.2) is 0 Å². The van der Waals surface area contributed by atoms with Gasteiger partial charge in [-0.15, -0.1) is 0 Å². The van der Waals surface area contributed by atoms with Gasteiger partial charge in [0.2, 0.25) is 0 Å². The summed E-state index contributed by atoms with van der Waals surface area (Å²) in [6, 6.07) is -0.269. The van der Waals surface area contributed by atoms with Crippen LogP contribution in [0.2, 0.25) is 0 Å². The molecule has 1 heterocycles. The van der Waals surface area contributed by atoms with E-state index >= 15 is 0 Å². The Kier molecular flexibility index (Phi) is 13.2. The summed E-state index contributed by atoms with van der Waals surface area (Å²) in [5.74, 6) is -0.720. The van der Waals surface area contributed by atoms with E-state index in [4.69, 9.17) is 5.11 Å². The van der Waals surface area contributed by atoms with Gasteiger partial charge in [-0.05, 0) is 19.4 Å². The quantitative estimate of drug-likeness (QED) is 0.389. The number of hydrogen-bond donors (Lipinski definition) is 2. The fourth-order valence-electron chi connectivity index (χ4n) is 0.895. The van der Waals surface area contributed by atoms with Crippen LogP contribution in [0.4, 0.5) is 0 Å². The maximum absolute atomic E-state index is 10.1. The summed E-state index contributed by atoms with van der Waals surface area (Å²) in [5.41, 5.74) is 0. The summed E-state index contributed by atoms with van der Waals surface area (Å²) in [7, 11) is 0. The van der Waals surface area contributed by atoms with Gasteiger partial charge in [0, 0.05) is 0 Å². The monoisotopic (exact) mass is 175 g/mol. The Morgan fingerprint density at radius 3 is 2.27 bits per heavy atom. The Balaban J connectivity index is -0.000000213. The van der Waals surface area contributed by atoms with E-state index in [9.17, 15) is 4.79 Å². The number of carboxylic acids is 1. The van der Waals surface area contributed by atoms with Crippen molar-refractivity contribution in [3.8, 4) is 0 Å². The number of carbonyl (C=O) groups is 1. The van der Waals surface area contributed by atoms with E-state index in [2.05, 4.69) is 5.32 Å². The third-order valence-corrected chi connectivity index (χ3v) is 1.36. The molecular formula is C5H11ClLiNO3. The van der Waals surface area contributed by atoms with Gasteiger partial charge in [-0.1, -0.05) is 0 Å². The Morgan fingerprint density at radius 1 is 1.55 bits per heavy atom. The van der Waals surface area contributed by atoms with Crippen molar-refractivity contribution >= 4 is 5.97 Å². The minimum absolute atomic E-state index is 0. The van der Waals surface area contributed by atoms with E-state index in [1.165, 1.54) is 0 Å². The average Bonchev–Trinajstić information content (AvgIpc) is 2.12. The molecule has 6 heteroatoms. The summed E-state index contributed by atoms with van der Waals surface area (Å²) in [4.78, 5) is 10.1. The fraction of sp³-hybridized carbons (Fsp3) is 0.800. The Morgan fingerprint density at radius 2 is 2.09 bits per heavy atom. The molecule has 0 aromatic rings. The Bertz CT molecular complexity index is 108. The molecule has 1 aliphatic heterocycles. The van der Waals surface area contributed by atoms with E-state index in [0.29, 0.717) is 0 Å². The third kappa shape index (κ3) is 5.54. The molecule has 0 aromatic heterocycles. The molecular weight excluding hydrogens is 164 g/mol. The SMILES string of the molecule is O.O=C(O)[C@@H]1CCCN1.[Cl-].[Li+]. The second kappa shape index (κ2) is 8.37.